The monoisotopic (exact) mass is 264 g/mol. The van der Waals surface area contributed by atoms with E-state index in [0.29, 0.717) is 6.54 Å². The van der Waals surface area contributed by atoms with Crippen LogP contribution in [0.4, 0.5) is 4.79 Å². The molecule has 1 rings (SSSR count). The minimum Gasteiger partial charge on any atom is -0.496 e. The molecule has 0 aliphatic carbocycles. The third-order valence-corrected chi connectivity index (χ3v) is 3.24. The number of para-hydroxylation sites is 1. The molecule has 0 radical (unpaired) electrons. The van der Waals surface area contributed by atoms with Crippen LogP contribution in [0, 0.1) is 0 Å². The smallest absolute Gasteiger partial charge is 0.317 e. The van der Waals surface area contributed by atoms with Crippen LogP contribution in [-0.2, 0) is 6.42 Å². The zero-order chi connectivity index (χ0) is 14.3. The van der Waals surface area contributed by atoms with Crippen molar-refractivity contribution in [1.29, 1.82) is 0 Å². The minimum atomic E-state index is -0.0238. The van der Waals surface area contributed by atoms with Crippen LogP contribution in [0.15, 0.2) is 24.3 Å². The third-order valence-electron chi connectivity index (χ3n) is 3.24. The first-order valence-electron chi connectivity index (χ1n) is 6.72. The molecular formula is C15H24N2O2. The Morgan fingerprint density at radius 3 is 2.74 bits per heavy atom. The number of methoxy groups -OCH3 is 1. The lowest BCUT2D eigenvalue weighted by Gasteiger charge is -2.21. The van der Waals surface area contributed by atoms with Gasteiger partial charge in [0.05, 0.1) is 7.11 Å². The average Bonchev–Trinajstić information content (AvgIpc) is 2.44. The number of likely N-dealkylation sites (N-methyl/N-ethyl adjacent to an activating group) is 1. The van der Waals surface area contributed by atoms with Crippen LogP contribution >= 0.6 is 0 Å². The Kier molecular flexibility index (Phi) is 6.19. The number of hydrogen-bond donors (Lipinski definition) is 1. The van der Waals surface area contributed by atoms with Gasteiger partial charge < -0.3 is 15.0 Å². The molecule has 0 spiro atoms. The van der Waals surface area contributed by atoms with Gasteiger partial charge in [0, 0.05) is 19.6 Å². The summed E-state index contributed by atoms with van der Waals surface area (Å²) < 4.78 is 5.30. The van der Waals surface area contributed by atoms with Gasteiger partial charge in [0.1, 0.15) is 5.75 Å². The Labute approximate surface area is 115 Å². The molecule has 0 heterocycles. The van der Waals surface area contributed by atoms with Gasteiger partial charge in [0.15, 0.2) is 0 Å². The standard InChI is InChI=1S/C15H24N2O2/c1-5-12(2)16-15(18)17(3)11-10-13-8-6-7-9-14(13)19-4/h6-9,12H,5,10-11H2,1-4H3,(H,16,18). The molecule has 1 unspecified atom stereocenters. The molecule has 0 aliphatic heterocycles. The van der Waals surface area contributed by atoms with Crippen molar-refractivity contribution >= 4 is 6.03 Å². The number of benzene rings is 1. The fourth-order valence-corrected chi connectivity index (χ4v) is 1.72. The molecule has 2 amide bonds. The van der Waals surface area contributed by atoms with E-state index in [1.54, 1.807) is 12.0 Å². The van der Waals surface area contributed by atoms with Gasteiger partial charge >= 0.3 is 6.03 Å². The SMILES string of the molecule is CCC(C)NC(=O)N(C)CCc1ccccc1OC. The van der Waals surface area contributed by atoms with Crippen molar-refractivity contribution in [2.45, 2.75) is 32.7 Å². The molecule has 0 aromatic heterocycles. The van der Waals surface area contributed by atoms with Gasteiger partial charge in [-0.25, -0.2) is 4.79 Å². The Hall–Kier alpha value is -1.71. The molecule has 0 saturated heterocycles. The summed E-state index contributed by atoms with van der Waals surface area (Å²) >= 11 is 0. The average molecular weight is 264 g/mol. The van der Waals surface area contributed by atoms with Crippen molar-refractivity contribution in [2.75, 3.05) is 20.7 Å². The highest BCUT2D eigenvalue weighted by Crippen LogP contribution is 2.17. The first-order valence-corrected chi connectivity index (χ1v) is 6.72. The van der Waals surface area contributed by atoms with Crippen molar-refractivity contribution in [2.24, 2.45) is 0 Å². The van der Waals surface area contributed by atoms with E-state index in [9.17, 15) is 4.79 Å². The van der Waals surface area contributed by atoms with Gasteiger partial charge in [-0.2, -0.15) is 0 Å². The van der Waals surface area contributed by atoms with E-state index in [2.05, 4.69) is 12.2 Å². The quantitative estimate of drug-likeness (QED) is 0.858. The van der Waals surface area contributed by atoms with Crippen LogP contribution in [0.3, 0.4) is 0 Å². The second kappa shape index (κ2) is 7.67. The molecule has 1 aromatic rings. The summed E-state index contributed by atoms with van der Waals surface area (Å²) in [4.78, 5) is 13.6. The molecule has 1 N–H and O–H groups in total. The van der Waals surface area contributed by atoms with E-state index in [4.69, 9.17) is 4.74 Å². The number of hydrogen-bond acceptors (Lipinski definition) is 2. The third kappa shape index (κ3) is 4.81. The normalized spacial score (nSPS) is 11.8. The molecule has 4 heteroatoms. The number of urea groups is 1. The lowest BCUT2D eigenvalue weighted by Crippen LogP contribution is -2.42. The summed E-state index contributed by atoms with van der Waals surface area (Å²) in [7, 11) is 3.48. The number of ether oxygens (including phenoxy) is 1. The Balaban J connectivity index is 2.49. The molecule has 4 nitrogen and oxygen atoms in total. The molecule has 1 aromatic carbocycles. The fourth-order valence-electron chi connectivity index (χ4n) is 1.72. The predicted octanol–water partition coefficient (Wildman–Crippen LogP) is 2.68. The Morgan fingerprint density at radius 1 is 1.42 bits per heavy atom. The van der Waals surface area contributed by atoms with E-state index >= 15 is 0 Å². The van der Waals surface area contributed by atoms with E-state index in [-0.39, 0.29) is 12.1 Å². The Bertz CT molecular complexity index is 407. The molecule has 0 fully saturated rings. The van der Waals surface area contributed by atoms with Crippen molar-refractivity contribution in [1.82, 2.24) is 10.2 Å². The van der Waals surface area contributed by atoms with E-state index in [1.165, 1.54) is 0 Å². The molecule has 1 atom stereocenters. The second-order valence-corrected chi connectivity index (χ2v) is 4.74. The summed E-state index contributed by atoms with van der Waals surface area (Å²) in [6, 6.07) is 8.08. The van der Waals surface area contributed by atoms with Crippen molar-refractivity contribution in [3.63, 3.8) is 0 Å². The van der Waals surface area contributed by atoms with E-state index < -0.39 is 0 Å². The van der Waals surface area contributed by atoms with Crippen LogP contribution in [0.5, 0.6) is 5.75 Å². The molecule has 0 aliphatic rings. The summed E-state index contributed by atoms with van der Waals surface area (Å²) in [5.41, 5.74) is 1.12. The summed E-state index contributed by atoms with van der Waals surface area (Å²) in [5.74, 6) is 0.873. The van der Waals surface area contributed by atoms with Gasteiger partial charge in [0.25, 0.3) is 0 Å². The van der Waals surface area contributed by atoms with Crippen LogP contribution in [0.2, 0.25) is 0 Å². The number of carbonyl (C=O) groups is 1. The summed E-state index contributed by atoms with van der Waals surface area (Å²) in [5, 5.41) is 2.95. The van der Waals surface area contributed by atoms with Gasteiger partial charge in [-0.15, -0.1) is 0 Å². The lowest BCUT2D eigenvalue weighted by atomic mass is 10.1. The number of rotatable bonds is 6. The Morgan fingerprint density at radius 2 is 2.11 bits per heavy atom. The first-order chi connectivity index (χ1) is 9.08. The van der Waals surface area contributed by atoms with Crippen LogP contribution in [-0.4, -0.2) is 37.7 Å². The zero-order valence-corrected chi connectivity index (χ0v) is 12.3. The maximum atomic E-state index is 11.9. The molecule has 106 valence electrons. The van der Waals surface area contributed by atoms with Gasteiger partial charge in [-0.05, 0) is 31.4 Å². The van der Waals surface area contributed by atoms with Crippen molar-refractivity contribution in [3.05, 3.63) is 29.8 Å². The molecule has 0 saturated carbocycles. The highest BCUT2D eigenvalue weighted by Gasteiger charge is 2.11. The summed E-state index contributed by atoms with van der Waals surface area (Å²) in [6.45, 7) is 4.73. The van der Waals surface area contributed by atoms with Gasteiger partial charge in [-0.1, -0.05) is 25.1 Å². The second-order valence-electron chi connectivity index (χ2n) is 4.74. The highest BCUT2D eigenvalue weighted by atomic mass is 16.5. The minimum absolute atomic E-state index is 0.0238. The number of nitrogens with zero attached hydrogens (tertiary/aromatic N) is 1. The maximum absolute atomic E-state index is 11.9. The molecule has 0 bridgehead atoms. The first kappa shape index (κ1) is 15.3. The largest absolute Gasteiger partial charge is 0.496 e. The number of carbonyl (C=O) groups excluding carboxylic acids is 1. The number of amides is 2. The van der Waals surface area contributed by atoms with E-state index in [1.807, 2.05) is 38.2 Å². The van der Waals surface area contributed by atoms with Crippen LogP contribution in [0.25, 0.3) is 0 Å². The lowest BCUT2D eigenvalue weighted by molar-refractivity contribution is 0.205. The van der Waals surface area contributed by atoms with Crippen molar-refractivity contribution in [3.8, 4) is 5.75 Å². The summed E-state index contributed by atoms with van der Waals surface area (Å²) in [6.07, 6.45) is 1.72. The van der Waals surface area contributed by atoms with E-state index in [0.717, 1.165) is 24.2 Å². The fraction of sp³-hybridized carbons (Fsp3) is 0.533. The molecule has 19 heavy (non-hydrogen) atoms. The topological polar surface area (TPSA) is 41.6 Å². The zero-order valence-electron chi connectivity index (χ0n) is 12.3. The van der Waals surface area contributed by atoms with Crippen LogP contribution in [0.1, 0.15) is 25.8 Å². The maximum Gasteiger partial charge on any atom is 0.317 e. The number of nitrogens with one attached hydrogen (secondary N) is 1. The van der Waals surface area contributed by atoms with Gasteiger partial charge in [0.2, 0.25) is 0 Å². The van der Waals surface area contributed by atoms with Crippen LogP contribution < -0.4 is 10.1 Å². The highest BCUT2D eigenvalue weighted by molar-refractivity contribution is 5.74. The van der Waals surface area contributed by atoms with Crippen molar-refractivity contribution < 1.29 is 9.53 Å². The predicted molar refractivity (Wildman–Crippen MR) is 77.6 cm³/mol. The molecular weight excluding hydrogens is 240 g/mol. The van der Waals surface area contributed by atoms with Gasteiger partial charge in [-0.3, -0.25) is 0 Å².